The Hall–Kier alpha value is -3.07. The molecule has 0 saturated carbocycles. The average Bonchev–Trinajstić information content (AvgIpc) is 3.19. The monoisotopic (exact) mass is 505 g/mol. The Morgan fingerprint density at radius 2 is 1.91 bits per heavy atom. The van der Waals surface area contributed by atoms with E-state index in [-0.39, 0.29) is 24.6 Å². The summed E-state index contributed by atoms with van der Waals surface area (Å²) in [6.07, 6.45) is 2.96. The van der Waals surface area contributed by atoms with Crippen LogP contribution in [0.25, 0.3) is 11.0 Å². The molecule has 2 aromatic carbocycles. The third kappa shape index (κ3) is 5.65. The highest BCUT2D eigenvalue weighted by Gasteiger charge is 2.11. The molecular weight excluding hydrogens is 489 g/mol. The van der Waals surface area contributed by atoms with Gasteiger partial charge in [0.15, 0.2) is 12.3 Å². The van der Waals surface area contributed by atoms with E-state index in [9.17, 15) is 9.59 Å². The van der Waals surface area contributed by atoms with E-state index in [0.717, 1.165) is 5.56 Å². The highest BCUT2D eigenvalue weighted by Crippen LogP contribution is 2.27. The topological polar surface area (TPSA) is 91.0 Å². The van der Waals surface area contributed by atoms with E-state index in [1.807, 2.05) is 12.1 Å². The summed E-state index contributed by atoms with van der Waals surface area (Å²) >= 11 is 17.9. The van der Waals surface area contributed by atoms with E-state index in [0.29, 0.717) is 44.9 Å². The molecule has 0 fully saturated rings. The van der Waals surface area contributed by atoms with Crippen molar-refractivity contribution in [2.45, 2.75) is 13.1 Å². The van der Waals surface area contributed by atoms with Gasteiger partial charge in [0.05, 0.1) is 24.3 Å². The lowest BCUT2D eigenvalue weighted by Crippen LogP contribution is -2.32. The maximum atomic E-state index is 12.8. The zero-order chi connectivity index (χ0) is 23.4. The summed E-state index contributed by atoms with van der Waals surface area (Å²) in [4.78, 5) is 29.3. The van der Waals surface area contributed by atoms with E-state index in [1.54, 1.807) is 28.9 Å². The van der Waals surface area contributed by atoms with Crippen LogP contribution in [0.5, 0.6) is 5.75 Å². The Morgan fingerprint density at radius 3 is 2.70 bits per heavy atom. The van der Waals surface area contributed by atoms with Crippen LogP contribution in [-0.4, -0.2) is 38.4 Å². The summed E-state index contributed by atoms with van der Waals surface area (Å²) < 4.78 is 8.48. The molecule has 1 N–H and O–H groups in total. The Bertz CT molecular complexity index is 1370. The number of nitrogens with zero attached hydrogens (tertiary/aromatic N) is 4. The molecule has 0 radical (unpaired) electrons. The fraction of sp³-hybridized carbons (Fsp3) is 0.182. The molecular formula is C22H18Cl3N5O3. The first kappa shape index (κ1) is 23.1. The van der Waals surface area contributed by atoms with Crippen molar-refractivity contribution >= 4 is 51.7 Å². The predicted molar refractivity (Wildman–Crippen MR) is 127 cm³/mol. The number of halogens is 3. The molecule has 170 valence electrons. The molecule has 2 heterocycles. The minimum atomic E-state index is -0.325. The van der Waals surface area contributed by atoms with Crippen molar-refractivity contribution < 1.29 is 9.53 Å². The van der Waals surface area contributed by atoms with Crippen LogP contribution in [-0.2, 0) is 17.9 Å². The first-order chi connectivity index (χ1) is 15.9. The molecule has 0 saturated heterocycles. The standard InChI is InChI=1S/C22H18Cl3N5O3/c23-15-3-1-2-14(8-15)11-29-13-27-21-17(22(29)32)10-28-30(21)7-6-26-20(31)12-33-19-5-4-16(24)9-18(19)25/h1-5,8-10,13H,6-7,11-12H2,(H,26,31). The maximum Gasteiger partial charge on any atom is 0.264 e. The average molecular weight is 507 g/mol. The van der Waals surface area contributed by atoms with Crippen molar-refractivity contribution in [3.8, 4) is 5.75 Å². The number of aromatic nitrogens is 4. The normalized spacial score (nSPS) is 11.0. The quantitative estimate of drug-likeness (QED) is 0.393. The van der Waals surface area contributed by atoms with Gasteiger partial charge in [0.1, 0.15) is 17.5 Å². The number of carbonyl (C=O) groups excluding carboxylic acids is 1. The van der Waals surface area contributed by atoms with Crippen molar-refractivity contribution in [2.24, 2.45) is 0 Å². The summed E-state index contributed by atoms with van der Waals surface area (Å²) in [6.45, 7) is 0.761. The van der Waals surface area contributed by atoms with Gasteiger partial charge in [0.2, 0.25) is 0 Å². The fourth-order valence-corrected chi connectivity index (χ4v) is 3.87. The van der Waals surface area contributed by atoms with Gasteiger partial charge in [-0.15, -0.1) is 0 Å². The van der Waals surface area contributed by atoms with Crippen LogP contribution in [0.2, 0.25) is 15.1 Å². The number of ether oxygens (including phenoxy) is 1. The van der Waals surface area contributed by atoms with Crippen LogP contribution in [0.4, 0.5) is 0 Å². The van der Waals surface area contributed by atoms with Crippen LogP contribution >= 0.6 is 34.8 Å². The van der Waals surface area contributed by atoms with Crippen molar-refractivity contribution in [2.75, 3.05) is 13.2 Å². The predicted octanol–water partition coefficient (Wildman–Crippen LogP) is 3.80. The second-order valence-electron chi connectivity index (χ2n) is 7.13. The van der Waals surface area contributed by atoms with Gasteiger partial charge in [-0.2, -0.15) is 5.10 Å². The zero-order valence-electron chi connectivity index (χ0n) is 17.2. The molecule has 2 aromatic heterocycles. The molecule has 8 nitrogen and oxygen atoms in total. The van der Waals surface area contributed by atoms with E-state index in [4.69, 9.17) is 39.5 Å². The molecule has 1 amide bonds. The fourth-order valence-electron chi connectivity index (χ4n) is 3.19. The number of rotatable bonds is 8. The SMILES string of the molecule is O=C(COc1ccc(Cl)cc1Cl)NCCn1ncc2c(=O)n(Cc3cccc(Cl)c3)cnc21. The minimum absolute atomic E-state index is 0.201. The zero-order valence-corrected chi connectivity index (χ0v) is 19.4. The third-order valence-corrected chi connectivity index (χ3v) is 5.53. The molecule has 0 spiro atoms. The van der Waals surface area contributed by atoms with Crippen LogP contribution in [0, 0.1) is 0 Å². The number of carbonyl (C=O) groups is 1. The van der Waals surface area contributed by atoms with Gasteiger partial charge in [-0.25, -0.2) is 9.67 Å². The van der Waals surface area contributed by atoms with Crippen molar-refractivity contribution in [1.82, 2.24) is 24.6 Å². The van der Waals surface area contributed by atoms with Gasteiger partial charge in [0.25, 0.3) is 11.5 Å². The Labute approximate surface area is 203 Å². The minimum Gasteiger partial charge on any atom is -0.482 e. The molecule has 0 bridgehead atoms. The second kappa shape index (κ2) is 10.2. The summed E-state index contributed by atoms with van der Waals surface area (Å²) in [6, 6.07) is 12.1. The lowest BCUT2D eigenvalue weighted by Gasteiger charge is -2.09. The van der Waals surface area contributed by atoms with Crippen LogP contribution < -0.4 is 15.6 Å². The van der Waals surface area contributed by atoms with Crippen molar-refractivity contribution in [3.63, 3.8) is 0 Å². The lowest BCUT2D eigenvalue weighted by atomic mass is 10.2. The van der Waals surface area contributed by atoms with Gasteiger partial charge in [-0.05, 0) is 35.9 Å². The largest absolute Gasteiger partial charge is 0.482 e. The summed E-state index contributed by atoms with van der Waals surface area (Å²) in [5.74, 6) is 0.0434. The van der Waals surface area contributed by atoms with Gasteiger partial charge in [0, 0.05) is 16.6 Å². The smallest absolute Gasteiger partial charge is 0.264 e. The Morgan fingerprint density at radius 1 is 1.09 bits per heavy atom. The number of fused-ring (bicyclic) bond motifs is 1. The summed E-state index contributed by atoms with van der Waals surface area (Å²) in [7, 11) is 0. The van der Waals surface area contributed by atoms with Crippen molar-refractivity contribution in [1.29, 1.82) is 0 Å². The lowest BCUT2D eigenvalue weighted by molar-refractivity contribution is -0.123. The van der Waals surface area contributed by atoms with Gasteiger partial charge in [-0.1, -0.05) is 46.9 Å². The Balaban J connectivity index is 1.35. The highest BCUT2D eigenvalue weighted by molar-refractivity contribution is 6.35. The number of amides is 1. The molecule has 4 rings (SSSR count). The molecule has 11 heteroatoms. The Kier molecular flexibility index (Phi) is 7.17. The molecule has 0 atom stereocenters. The number of nitrogens with one attached hydrogen (secondary N) is 1. The first-order valence-corrected chi connectivity index (χ1v) is 11.0. The maximum absolute atomic E-state index is 12.8. The third-order valence-electron chi connectivity index (χ3n) is 4.76. The van der Waals surface area contributed by atoms with Crippen LogP contribution in [0.1, 0.15) is 5.56 Å². The molecule has 0 aliphatic carbocycles. The van der Waals surface area contributed by atoms with Crippen LogP contribution in [0.15, 0.2) is 59.8 Å². The molecule has 33 heavy (non-hydrogen) atoms. The molecule has 4 aromatic rings. The van der Waals surface area contributed by atoms with Crippen LogP contribution in [0.3, 0.4) is 0 Å². The van der Waals surface area contributed by atoms with Gasteiger partial charge >= 0.3 is 0 Å². The summed E-state index contributed by atoms with van der Waals surface area (Å²) in [5.41, 5.74) is 1.13. The van der Waals surface area contributed by atoms with E-state index < -0.39 is 0 Å². The molecule has 0 unspecified atom stereocenters. The van der Waals surface area contributed by atoms with E-state index in [2.05, 4.69) is 15.4 Å². The second-order valence-corrected chi connectivity index (χ2v) is 8.41. The highest BCUT2D eigenvalue weighted by atomic mass is 35.5. The molecule has 0 aliphatic rings. The molecule has 0 aliphatic heterocycles. The number of hydrogen-bond donors (Lipinski definition) is 1. The first-order valence-electron chi connectivity index (χ1n) is 9.90. The summed E-state index contributed by atoms with van der Waals surface area (Å²) in [5, 5.41) is 8.77. The number of hydrogen-bond acceptors (Lipinski definition) is 5. The van der Waals surface area contributed by atoms with Gasteiger partial charge < -0.3 is 10.1 Å². The van der Waals surface area contributed by atoms with E-state index >= 15 is 0 Å². The van der Waals surface area contributed by atoms with E-state index in [1.165, 1.54) is 23.2 Å². The van der Waals surface area contributed by atoms with Gasteiger partial charge in [-0.3, -0.25) is 14.2 Å². The number of benzene rings is 2. The van der Waals surface area contributed by atoms with Crippen molar-refractivity contribution in [3.05, 3.63) is 86.0 Å².